The van der Waals surface area contributed by atoms with Gasteiger partial charge < -0.3 is 27.0 Å². The van der Waals surface area contributed by atoms with E-state index in [1.54, 1.807) is 12.1 Å². The van der Waals surface area contributed by atoms with Crippen LogP contribution in [0.2, 0.25) is 0 Å². The van der Waals surface area contributed by atoms with Gasteiger partial charge in [0.05, 0.1) is 39.6 Å². The van der Waals surface area contributed by atoms with E-state index in [2.05, 4.69) is 25.8 Å². The number of anilines is 4. The zero-order chi connectivity index (χ0) is 38.5. The number of rotatable bonds is 15. The fourth-order valence-corrected chi connectivity index (χ4v) is 7.08. The molecule has 0 atom stereocenters. The summed E-state index contributed by atoms with van der Waals surface area (Å²) in [5.74, 6) is -1.52. The van der Waals surface area contributed by atoms with Gasteiger partial charge in [0.1, 0.15) is 9.79 Å². The molecule has 1 aliphatic rings. The smallest absolute Gasteiger partial charge is 0.296 e. The van der Waals surface area contributed by atoms with Crippen LogP contribution in [0, 0.1) is 0 Å². The second-order valence-corrected chi connectivity index (χ2v) is 14.9. The number of benzene rings is 4. The third kappa shape index (κ3) is 8.93. The largest absolute Gasteiger partial charge is 0.397 e. The number of amides is 1. The topological polar surface area (TPSA) is 264 Å². The second kappa shape index (κ2) is 16.0. The Morgan fingerprint density at radius 2 is 1.38 bits per heavy atom. The molecule has 5 rings (SSSR count). The van der Waals surface area contributed by atoms with E-state index in [-0.39, 0.29) is 39.7 Å². The van der Waals surface area contributed by atoms with Gasteiger partial charge in [-0.15, -0.1) is 0 Å². The fourth-order valence-electron chi connectivity index (χ4n) is 5.77. The van der Waals surface area contributed by atoms with Crippen molar-refractivity contribution in [1.82, 2.24) is 5.32 Å². The van der Waals surface area contributed by atoms with Gasteiger partial charge in [-0.2, -0.15) is 27.1 Å². The zero-order valence-corrected chi connectivity index (χ0v) is 30.1. The number of carbonyl (C=O) groups excluding carboxylic acids is 3. The molecule has 0 saturated carbocycles. The van der Waals surface area contributed by atoms with Gasteiger partial charge in [0, 0.05) is 49.9 Å². The lowest BCUT2D eigenvalue weighted by molar-refractivity contribution is -0.121. The normalized spacial score (nSPS) is 12.8. The first kappa shape index (κ1) is 38.7. The van der Waals surface area contributed by atoms with Gasteiger partial charge in [-0.1, -0.05) is 30.7 Å². The average Bonchev–Trinajstić information content (AvgIpc) is 3.12. The third-order valence-corrected chi connectivity index (χ3v) is 10.2. The van der Waals surface area contributed by atoms with Gasteiger partial charge in [0.2, 0.25) is 5.91 Å². The quantitative estimate of drug-likeness (QED) is 0.0364. The number of hydrogen-bond acceptors (Lipinski definition) is 13. The zero-order valence-electron chi connectivity index (χ0n) is 28.4. The van der Waals surface area contributed by atoms with Crippen LogP contribution in [0.25, 0.3) is 0 Å². The van der Waals surface area contributed by atoms with Gasteiger partial charge in [0.25, 0.3) is 20.2 Å². The molecule has 0 heterocycles. The van der Waals surface area contributed by atoms with Crippen LogP contribution in [-0.2, 0) is 25.0 Å². The summed E-state index contributed by atoms with van der Waals surface area (Å²) in [6.45, 7) is 1.64. The molecule has 0 radical (unpaired) electrons. The van der Waals surface area contributed by atoms with Crippen LogP contribution in [-0.4, -0.2) is 70.1 Å². The first-order chi connectivity index (χ1) is 25.1. The Balaban J connectivity index is 1.36. The van der Waals surface area contributed by atoms with Crippen molar-refractivity contribution in [3.05, 3.63) is 95.1 Å². The Morgan fingerprint density at radius 1 is 0.774 bits per heavy atom. The number of ketones is 2. The molecule has 4 aromatic rings. The summed E-state index contributed by atoms with van der Waals surface area (Å²) in [5.41, 5.74) is 10.5. The lowest BCUT2D eigenvalue weighted by Gasteiger charge is -2.24. The summed E-state index contributed by atoms with van der Waals surface area (Å²) in [6, 6.07) is 17.2. The lowest BCUT2D eigenvalue weighted by atomic mass is 9.82. The van der Waals surface area contributed by atoms with E-state index in [1.165, 1.54) is 36.4 Å². The highest BCUT2D eigenvalue weighted by Gasteiger charge is 2.36. The van der Waals surface area contributed by atoms with E-state index in [0.717, 1.165) is 43.6 Å². The van der Waals surface area contributed by atoms with Crippen molar-refractivity contribution in [3.8, 4) is 0 Å². The monoisotopic (exact) mass is 763 g/mol. The van der Waals surface area contributed by atoms with Crippen molar-refractivity contribution < 1.29 is 40.3 Å². The molecular weight excluding hydrogens is 727 g/mol. The first-order valence-electron chi connectivity index (χ1n) is 16.3. The number of azo groups is 1. The van der Waals surface area contributed by atoms with Gasteiger partial charge in [-0.05, 0) is 61.4 Å². The van der Waals surface area contributed by atoms with E-state index < -0.39 is 52.8 Å². The van der Waals surface area contributed by atoms with Crippen molar-refractivity contribution >= 4 is 71.8 Å². The van der Waals surface area contributed by atoms with Crippen LogP contribution in [0.4, 0.5) is 34.1 Å². The minimum absolute atomic E-state index is 0.00510. The molecule has 0 saturated heterocycles. The highest BCUT2D eigenvalue weighted by atomic mass is 32.2. The first-order valence-corrected chi connectivity index (χ1v) is 19.2. The van der Waals surface area contributed by atoms with Crippen molar-refractivity contribution in [2.24, 2.45) is 16.0 Å². The maximum Gasteiger partial charge on any atom is 0.296 e. The third-order valence-electron chi connectivity index (χ3n) is 8.43. The molecule has 0 bridgehead atoms. The number of hydrogen-bond donors (Lipinski definition) is 6. The fraction of sp³-hybridized carbons (Fsp3) is 0.229. The van der Waals surface area contributed by atoms with Crippen molar-refractivity contribution in [2.75, 3.05) is 42.6 Å². The summed E-state index contributed by atoms with van der Waals surface area (Å²) in [7, 11) is -8.08. The number of fused-ring (bicyclic) bond motifs is 2. The number of nitrogens with one attached hydrogen (secondary N) is 2. The number of nitrogens with two attached hydrogens (primary N) is 2. The summed E-state index contributed by atoms with van der Waals surface area (Å²) < 4.78 is 69.7. The van der Waals surface area contributed by atoms with Crippen LogP contribution >= 0.6 is 0 Å². The SMILES string of the molecule is CN(CCCCCC(=O)NCCN)c1ccc(/N=N/c2ccc(Nc3cc(S(=O)(=O)O)c(N)c4c3C(=O)c3ccccc3C4=O)c(S(=O)(=O)O)c2)cc1. The molecular formula is C35H37N7O9S2. The number of carbonyl (C=O) groups is 3. The van der Waals surface area contributed by atoms with Crippen molar-refractivity contribution in [2.45, 2.75) is 35.5 Å². The molecule has 1 amide bonds. The Morgan fingerprint density at radius 3 is 2.00 bits per heavy atom. The Bertz CT molecular complexity index is 2330. The van der Waals surface area contributed by atoms with Crippen molar-refractivity contribution in [1.29, 1.82) is 0 Å². The molecule has 0 fully saturated rings. The van der Waals surface area contributed by atoms with Crippen LogP contribution in [0.3, 0.4) is 0 Å². The molecule has 0 unspecified atom stereocenters. The van der Waals surface area contributed by atoms with E-state index in [1.807, 2.05) is 19.2 Å². The van der Waals surface area contributed by atoms with Crippen LogP contribution < -0.4 is 27.0 Å². The molecule has 8 N–H and O–H groups in total. The second-order valence-electron chi connectivity index (χ2n) is 12.1. The van der Waals surface area contributed by atoms with Crippen molar-refractivity contribution in [3.63, 3.8) is 0 Å². The lowest BCUT2D eigenvalue weighted by Crippen LogP contribution is -2.28. The Hall–Kier alpha value is -5.53. The predicted molar refractivity (Wildman–Crippen MR) is 198 cm³/mol. The van der Waals surface area contributed by atoms with Crippen LogP contribution in [0.15, 0.2) is 92.8 Å². The highest BCUT2D eigenvalue weighted by Crippen LogP contribution is 2.41. The Labute approximate surface area is 305 Å². The summed E-state index contributed by atoms with van der Waals surface area (Å²) in [4.78, 5) is 39.3. The number of nitrogen functional groups attached to an aromatic ring is 1. The molecule has 278 valence electrons. The number of unbranched alkanes of at least 4 members (excludes halogenated alkanes) is 2. The van der Waals surface area contributed by atoms with Gasteiger partial charge in [-0.25, -0.2) is 0 Å². The molecule has 1 aliphatic carbocycles. The van der Waals surface area contributed by atoms with Gasteiger partial charge in [0.15, 0.2) is 11.6 Å². The molecule has 16 nitrogen and oxygen atoms in total. The van der Waals surface area contributed by atoms with Crippen LogP contribution in [0.1, 0.15) is 57.5 Å². The predicted octanol–water partition coefficient (Wildman–Crippen LogP) is 4.77. The summed E-state index contributed by atoms with van der Waals surface area (Å²) in [5, 5.41) is 13.6. The number of nitrogens with zero attached hydrogens (tertiary/aromatic N) is 3. The minimum Gasteiger partial charge on any atom is -0.397 e. The summed E-state index contributed by atoms with van der Waals surface area (Å²) in [6.07, 6.45) is 2.99. The molecule has 0 aliphatic heterocycles. The molecule has 0 spiro atoms. The van der Waals surface area contributed by atoms with E-state index >= 15 is 0 Å². The summed E-state index contributed by atoms with van der Waals surface area (Å²) >= 11 is 0. The standard InChI is InChI=1S/C35H37N7O9S2/c1-42(18-6-2-3-9-30(43)38-17-16-36)23-13-10-21(11-14-23)40-41-22-12-15-26(28(19-22)52(46,47)48)39-27-20-29(53(49,50)51)33(37)32-31(27)34(44)24-7-4-5-8-25(24)35(32)45/h4-5,7-8,10-15,19-20,39H,2-3,6,9,16-18,36-37H2,1H3,(H,38,43)(H,46,47,48)(H,49,50,51)/b41-40+. The average molecular weight is 764 g/mol. The molecule has 4 aromatic carbocycles. The Kier molecular flexibility index (Phi) is 11.7. The van der Waals surface area contributed by atoms with E-state index in [4.69, 9.17) is 11.5 Å². The van der Waals surface area contributed by atoms with Crippen LogP contribution in [0.5, 0.6) is 0 Å². The molecule has 0 aromatic heterocycles. The maximum atomic E-state index is 13.6. The van der Waals surface area contributed by atoms with Gasteiger partial charge in [-0.3, -0.25) is 23.5 Å². The maximum absolute atomic E-state index is 13.6. The van der Waals surface area contributed by atoms with E-state index in [0.29, 0.717) is 25.2 Å². The molecule has 53 heavy (non-hydrogen) atoms. The van der Waals surface area contributed by atoms with E-state index in [9.17, 15) is 40.3 Å². The highest BCUT2D eigenvalue weighted by molar-refractivity contribution is 7.86. The van der Waals surface area contributed by atoms with Gasteiger partial charge >= 0.3 is 0 Å². The molecule has 18 heteroatoms. The minimum atomic E-state index is -5.04.